The predicted octanol–water partition coefficient (Wildman–Crippen LogP) is 5.78. The summed E-state index contributed by atoms with van der Waals surface area (Å²) in [4.78, 5) is 13.3. The highest BCUT2D eigenvalue weighted by Gasteiger charge is 2.30. The van der Waals surface area contributed by atoms with Crippen molar-refractivity contribution >= 4 is 21.6 Å². The molecule has 4 rings (SSSR count). The van der Waals surface area contributed by atoms with Gasteiger partial charge in [0.25, 0.3) is 0 Å². The number of fused-ring (bicyclic) bond motifs is 1. The van der Waals surface area contributed by atoms with E-state index in [1.165, 1.54) is 24.0 Å². The first-order chi connectivity index (χ1) is 17.3. The summed E-state index contributed by atoms with van der Waals surface area (Å²) in [7, 11) is -3.72. The number of rotatable bonds is 9. The Morgan fingerprint density at radius 2 is 1.58 bits per heavy atom. The first-order valence-electron chi connectivity index (χ1n) is 12.5. The zero-order valence-corrected chi connectivity index (χ0v) is 21.9. The third-order valence-electron chi connectivity index (χ3n) is 6.66. The van der Waals surface area contributed by atoms with Gasteiger partial charge >= 0.3 is 0 Å². The summed E-state index contributed by atoms with van der Waals surface area (Å²) in [6.07, 6.45) is 6.41. The Balaban J connectivity index is 1.51. The highest BCUT2D eigenvalue weighted by atomic mass is 32.2. The molecule has 0 fully saturated rings. The third kappa shape index (κ3) is 6.08. The smallest absolute Gasteiger partial charge is 0.244 e. The van der Waals surface area contributed by atoms with Crippen LogP contribution in [0.3, 0.4) is 0 Å². The minimum Gasteiger partial charge on any atom is -0.457 e. The van der Waals surface area contributed by atoms with Crippen molar-refractivity contribution in [1.29, 1.82) is 0 Å². The van der Waals surface area contributed by atoms with Crippen LogP contribution in [0.1, 0.15) is 55.8 Å². The number of amides is 1. The van der Waals surface area contributed by atoms with Gasteiger partial charge in [-0.1, -0.05) is 43.3 Å². The zero-order chi connectivity index (χ0) is 25.7. The first-order valence-corrected chi connectivity index (χ1v) is 14.4. The highest BCUT2D eigenvalue weighted by Crippen LogP contribution is 2.29. The van der Waals surface area contributed by atoms with E-state index < -0.39 is 16.1 Å². The summed E-state index contributed by atoms with van der Waals surface area (Å²) in [5, 5.41) is 3.09. The minimum absolute atomic E-state index is 0.185. The molecule has 3 aromatic rings. The lowest BCUT2D eigenvalue weighted by Crippen LogP contribution is -2.48. The molecule has 1 N–H and O–H groups in total. The lowest BCUT2D eigenvalue weighted by atomic mass is 9.88. The van der Waals surface area contributed by atoms with Gasteiger partial charge in [-0.15, -0.1) is 0 Å². The van der Waals surface area contributed by atoms with Crippen molar-refractivity contribution in [3.8, 4) is 11.5 Å². The number of hydrogen-bond donors (Lipinski definition) is 1. The van der Waals surface area contributed by atoms with Crippen LogP contribution in [0.5, 0.6) is 11.5 Å². The van der Waals surface area contributed by atoms with E-state index in [9.17, 15) is 13.2 Å². The number of nitrogens with zero attached hydrogens (tertiary/aromatic N) is 1. The largest absolute Gasteiger partial charge is 0.457 e. The molecule has 0 bridgehead atoms. The standard InChI is InChI=1S/C29H34N2O4S/c1-4-28(24-15-14-22-10-8-9-11-23(22)20-24)30-29(32)21(2)31(36(3,33)34)25-16-18-27(19-17-25)35-26-12-6-5-7-13-26/h5-7,12-21,28H,4,8-11H2,1-3H3,(H,30,32)/t21-,28-/m1/s1. The van der Waals surface area contributed by atoms with Gasteiger partial charge in [-0.3, -0.25) is 9.10 Å². The lowest BCUT2D eigenvalue weighted by molar-refractivity contribution is -0.122. The molecule has 0 aromatic heterocycles. The van der Waals surface area contributed by atoms with E-state index in [0.29, 0.717) is 23.6 Å². The molecule has 2 atom stereocenters. The summed E-state index contributed by atoms with van der Waals surface area (Å²) >= 11 is 0. The van der Waals surface area contributed by atoms with Gasteiger partial charge in [-0.2, -0.15) is 0 Å². The Hall–Kier alpha value is -3.32. The van der Waals surface area contributed by atoms with E-state index in [1.54, 1.807) is 31.2 Å². The zero-order valence-electron chi connectivity index (χ0n) is 21.1. The average Bonchev–Trinajstić information content (AvgIpc) is 2.87. The van der Waals surface area contributed by atoms with Crippen LogP contribution in [0.2, 0.25) is 0 Å². The van der Waals surface area contributed by atoms with Crippen molar-refractivity contribution in [2.45, 2.75) is 58.0 Å². The van der Waals surface area contributed by atoms with E-state index in [-0.39, 0.29) is 11.9 Å². The second-order valence-corrected chi connectivity index (χ2v) is 11.2. The second-order valence-electron chi connectivity index (χ2n) is 9.35. The molecule has 36 heavy (non-hydrogen) atoms. The molecule has 1 aliphatic rings. The molecule has 0 spiro atoms. The number of aryl methyl sites for hydroxylation is 2. The van der Waals surface area contributed by atoms with Gasteiger partial charge in [-0.25, -0.2) is 8.42 Å². The van der Waals surface area contributed by atoms with Crippen LogP contribution in [-0.4, -0.2) is 26.6 Å². The van der Waals surface area contributed by atoms with Gasteiger partial charge in [0.15, 0.2) is 0 Å². The van der Waals surface area contributed by atoms with Crippen LogP contribution in [0.25, 0.3) is 0 Å². The highest BCUT2D eigenvalue weighted by molar-refractivity contribution is 7.92. The van der Waals surface area contributed by atoms with Crippen LogP contribution < -0.4 is 14.4 Å². The van der Waals surface area contributed by atoms with Crippen molar-refractivity contribution in [2.75, 3.05) is 10.6 Å². The maximum atomic E-state index is 13.3. The molecular weight excluding hydrogens is 472 g/mol. The fourth-order valence-corrected chi connectivity index (χ4v) is 5.95. The molecular formula is C29H34N2O4S. The number of anilines is 1. The average molecular weight is 507 g/mol. The molecule has 0 radical (unpaired) electrons. The molecule has 0 saturated carbocycles. The van der Waals surface area contributed by atoms with E-state index in [1.807, 2.05) is 37.3 Å². The van der Waals surface area contributed by atoms with Crippen molar-refractivity contribution in [1.82, 2.24) is 5.32 Å². The predicted molar refractivity (Wildman–Crippen MR) is 144 cm³/mol. The molecule has 0 saturated heterocycles. The van der Waals surface area contributed by atoms with Crippen LogP contribution >= 0.6 is 0 Å². The number of nitrogens with one attached hydrogen (secondary N) is 1. The summed E-state index contributed by atoms with van der Waals surface area (Å²) in [6, 6.07) is 21.4. The molecule has 7 heteroatoms. The molecule has 3 aromatic carbocycles. The number of benzene rings is 3. The van der Waals surface area contributed by atoms with Gasteiger partial charge in [0, 0.05) is 0 Å². The number of ether oxygens (including phenoxy) is 1. The molecule has 190 valence electrons. The SMILES string of the molecule is CC[C@@H](NC(=O)[C@@H](C)N(c1ccc(Oc2ccccc2)cc1)S(C)(=O)=O)c1ccc2c(c1)CCCC2. The summed E-state index contributed by atoms with van der Waals surface area (Å²) in [6.45, 7) is 3.64. The van der Waals surface area contributed by atoms with Gasteiger partial charge in [-0.05, 0) is 92.1 Å². The number of hydrogen-bond acceptors (Lipinski definition) is 4. The normalized spacial score (nSPS) is 14.9. The Bertz CT molecular complexity index is 1290. The summed E-state index contributed by atoms with van der Waals surface area (Å²) < 4.78 is 32.5. The van der Waals surface area contributed by atoms with Crippen molar-refractivity contribution < 1.29 is 17.9 Å². The topological polar surface area (TPSA) is 75.7 Å². The van der Waals surface area contributed by atoms with E-state index >= 15 is 0 Å². The van der Waals surface area contributed by atoms with Crippen LogP contribution in [-0.2, 0) is 27.7 Å². The van der Waals surface area contributed by atoms with E-state index in [0.717, 1.165) is 29.0 Å². The van der Waals surface area contributed by atoms with Crippen LogP contribution in [0.4, 0.5) is 5.69 Å². The third-order valence-corrected chi connectivity index (χ3v) is 7.90. The van der Waals surface area contributed by atoms with Crippen molar-refractivity contribution in [2.24, 2.45) is 0 Å². The maximum absolute atomic E-state index is 13.3. The summed E-state index contributed by atoms with van der Waals surface area (Å²) in [5.74, 6) is 0.925. The monoisotopic (exact) mass is 506 g/mol. The van der Waals surface area contributed by atoms with Gasteiger partial charge in [0.1, 0.15) is 17.5 Å². The van der Waals surface area contributed by atoms with E-state index in [2.05, 4.69) is 23.5 Å². The fraction of sp³-hybridized carbons (Fsp3) is 0.345. The van der Waals surface area contributed by atoms with Crippen molar-refractivity contribution in [3.05, 3.63) is 89.5 Å². The Labute approximate surface area is 214 Å². The minimum atomic E-state index is -3.72. The molecule has 0 heterocycles. The molecule has 0 unspecified atom stereocenters. The molecule has 1 aliphatic carbocycles. The maximum Gasteiger partial charge on any atom is 0.244 e. The Kier molecular flexibility index (Phi) is 7.99. The molecule has 0 aliphatic heterocycles. The lowest BCUT2D eigenvalue weighted by Gasteiger charge is -2.30. The van der Waals surface area contributed by atoms with E-state index in [4.69, 9.17) is 4.74 Å². The molecule has 1 amide bonds. The first kappa shape index (κ1) is 25.8. The number of carbonyl (C=O) groups excluding carboxylic acids is 1. The van der Waals surface area contributed by atoms with Crippen LogP contribution in [0, 0.1) is 0 Å². The number of para-hydroxylation sites is 1. The Morgan fingerprint density at radius 1 is 0.944 bits per heavy atom. The quantitative estimate of drug-likeness (QED) is 0.399. The second kappa shape index (κ2) is 11.2. The van der Waals surface area contributed by atoms with Gasteiger partial charge < -0.3 is 10.1 Å². The molecule has 6 nitrogen and oxygen atoms in total. The van der Waals surface area contributed by atoms with Gasteiger partial charge in [0.2, 0.25) is 15.9 Å². The Morgan fingerprint density at radius 3 is 2.22 bits per heavy atom. The van der Waals surface area contributed by atoms with Crippen molar-refractivity contribution in [3.63, 3.8) is 0 Å². The fourth-order valence-electron chi connectivity index (χ4n) is 4.78. The number of carbonyl (C=O) groups is 1. The van der Waals surface area contributed by atoms with Crippen LogP contribution in [0.15, 0.2) is 72.8 Å². The van der Waals surface area contributed by atoms with Gasteiger partial charge in [0.05, 0.1) is 18.0 Å². The number of sulfonamides is 1. The summed E-state index contributed by atoms with van der Waals surface area (Å²) in [5.41, 5.74) is 4.21.